The molecule has 0 bridgehead atoms. The molecule has 1 heterocycles. The number of imide groups is 1. The van der Waals surface area contributed by atoms with E-state index in [1.54, 1.807) is 66.7 Å². The van der Waals surface area contributed by atoms with Crippen LogP contribution >= 0.6 is 11.8 Å². The Morgan fingerprint density at radius 3 is 2.21 bits per heavy atom. The summed E-state index contributed by atoms with van der Waals surface area (Å²) in [7, 11) is 1.53. The maximum atomic E-state index is 14.1. The van der Waals surface area contributed by atoms with Gasteiger partial charge in [-0.05, 0) is 54.1 Å². The maximum Gasteiger partial charge on any atom is 0.294 e. The first-order valence-electron chi connectivity index (χ1n) is 10.3. The average Bonchev–Trinajstić information content (AvgIpc) is 3.09. The number of nitrogens with zero attached hydrogens (tertiary/aromatic N) is 2. The molecule has 0 saturated carbocycles. The van der Waals surface area contributed by atoms with Gasteiger partial charge in [-0.1, -0.05) is 60.2 Å². The van der Waals surface area contributed by atoms with Gasteiger partial charge < -0.3 is 4.74 Å². The summed E-state index contributed by atoms with van der Waals surface area (Å²) in [5.74, 6) is -0.771. The molecule has 1 aliphatic heterocycles. The minimum Gasteiger partial charge on any atom is -0.497 e. The minimum absolute atomic E-state index is 0.389. The molecule has 0 aliphatic carbocycles. The highest BCUT2D eigenvalue weighted by atomic mass is 32.2. The molecule has 2 amide bonds. The van der Waals surface area contributed by atoms with Gasteiger partial charge in [0, 0.05) is 4.92 Å². The first kappa shape index (κ1) is 22.5. The quantitative estimate of drug-likeness (QED) is 0.356. The highest BCUT2D eigenvalue weighted by Gasteiger charge is 2.60. The van der Waals surface area contributed by atoms with Gasteiger partial charge in [-0.25, -0.2) is 4.90 Å². The summed E-state index contributed by atoms with van der Waals surface area (Å²) in [5.41, 5.74) is 2.57. The summed E-state index contributed by atoms with van der Waals surface area (Å²) in [6.07, 6.45) is 0. The Morgan fingerprint density at radius 2 is 1.64 bits per heavy atom. The summed E-state index contributed by atoms with van der Waals surface area (Å²) in [5, 5.41) is 11.3. The Balaban J connectivity index is 1.90. The summed E-state index contributed by atoms with van der Waals surface area (Å²) < 4.78 is 3.69. The van der Waals surface area contributed by atoms with E-state index in [1.165, 1.54) is 7.11 Å². The topological polar surface area (TPSA) is 89.8 Å². The van der Waals surface area contributed by atoms with Crippen molar-refractivity contribution in [3.8, 4) is 5.75 Å². The molecule has 2 atom stereocenters. The van der Waals surface area contributed by atoms with Gasteiger partial charge in [0.25, 0.3) is 11.1 Å². The smallest absolute Gasteiger partial charge is 0.294 e. The molecule has 3 aromatic rings. The molecule has 3 aromatic carbocycles. The predicted molar refractivity (Wildman–Crippen MR) is 127 cm³/mol. The Bertz CT molecular complexity index is 1180. The molecule has 1 fully saturated rings. The second-order valence-corrected chi connectivity index (χ2v) is 8.98. The molecule has 33 heavy (non-hydrogen) atoms. The zero-order valence-electron chi connectivity index (χ0n) is 18.1. The lowest BCUT2D eigenvalue weighted by molar-refractivity contribution is -0.484. The van der Waals surface area contributed by atoms with Gasteiger partial charge in [-0.3, -0.25) is 19.7 Å². The van der Waals surface area contributed by atoms with Crippen LogP contribution in [0.5, 0.6) is 5.75 Å². The number of rotatable bonds is 7. The van der Waals surface area contributed by atoms with Gasteiger partial charge in [0.2, 0.25) is 6.54 Å². The highest BCUT2D eigenvalue weighted by molar-refractivity contribution is 8.16. The standard InChI is InChI=1S/C25H22N2O5S/c1-17-8-10-18(11-9-17)22(16-26(30)31)25(19-6-4-3-5-7-19)23(28)27(24(29)33-25)20-12-14-21(32-2)15-13-20/h3-15,22H,16H2,1-2H3/t22-,25?/m1/s1. The number of carbonyl (C=O) groups is 2. The third kappa shape index (κ3) is 4.09. The van der Waals surface area contributed by atoms with Crippen LogP contribution in [0.1, 0.15) is 22.6 Å². The average molecular weight is 463 g/mol. The monoisotopic (exact) mass is 462 g/mol. The number of carbonyl (C=O) groups excluding carboxylic acids is 2. The van der Waals surface area contributed by atoms with Gasteiger partial charge in [0.15, 0.2) is 0 Å². The predicted octanol–water partition coefficient (Wildman–Crippen LogP) is 5.16. The van der Waals surface area contributed by atoms with E-state index in [0.717, 1.165) is 22.2 Å². The number of amides is 2. The van der Waals surface area contributed by atoms with E-state index in [9.17, 15) is 19.7 Å². The Kier molecular flexibility index (Phi) is 6.20. The lowest BCUT2D eigenvalue weighted by Gasteiger charge is -2.33. The fourth-order valence-electron chi connectivity index (χ4n) is 4.14. The van der Waals surface area contributed by atoms with Crippen molar-refractivity contribution < 1.29 is 19.2 Å². The van der Waals surface area contributed by atoms with Crippen LogP contribution in [0.3, 0.4) is 0 Å². The van der Waals surface area contributed by atoms with Crippen LogP contribution in [0.15, 0.2) is 78.9 Å². The van der Waals surface area contributed by atoms with Crippen molar-refractivity contribution in [2.75, 3.05) is 18.6 Å². The lowest BCUT2D eigenvalue weighted by Crippen LogP contribution is -2.44. The molecule has 168 valence electrons. The maximum absolute atomic E-state index is 14.1. The van der Waals surface area contributed by atoms with Crippen molar-refractivity contribution in [2.45, 2.75) is 17.6 Å². The molecule has 7 nitrogen and oxygen atoms in total. The largest absolute Gasteiger partial charge is 0.497 e. The highest BCUT2D eigenvalue weighted by Crippen LogP contribution is 2.55. The fourth-order valence-corrected chi connectivity index (χ4v) is 5.48. The molecular weight excluding hydrogens is 440 g/mol. The van der Waals surface area contributed by atoms with E-state index in [1.807, 2.05) is 19.1 Å². The number of aryl methyl sites for hydroxylation is 1. The van der Waals surface area contributed by atoms with Crippen molar-refractivity contribution in [2.24, 2.45) is 0 Å². The van der Waals surface area contributed by atoms with Crippen LogP contribution in [0.25, 0.3) is 0 Å². The SMILES string of the molecule is COc1ccc(N2C(=O)SC(c3ccccc3)([C@H](C[N+](=O)[O-])c3ccc(C)cc3)C2=O)cc1. The number of thioether (sulfide) groups is 1. The van der Waals surface area contributed by atoms with Crippen LogP contribution in [-0.2, 0) is 9.54 Å². The molecule has 0 spiro atoms. The summed E-state index contributed by atoms with van der Waals surface area (Å²) in [6.45, 7) is 1.42. The van der Waals surface area contributed by atoms with Gasteiger partial charge in [0.05, 0.1) is 18.7 Å². The summed E-state index contributed by atoms with van der Waals surface area (Å²) in [6, 6.07) is 22.7. The molecule has 8 heteroatoms. The zero-order chi connectivity index (χ0) is 23.6. The van der Waals surface area contributed by atoms with Crippen molar-refractivity contribution >= 4 is 28.6 Å². The van der Waals surface area contributed by atoms with Crippen LogP contribution in [-0.4, -0.2) is 29.7 Å². The molecule has 0 aromatic heterocycles. The number of hydrogen-bond acceptors (Lipinski definition) is 6. The molecular formula is C25H22N2O5S. The minimum atomic E-state index is -1.49. The first-order valence-corrected chi connectivity index (χ1v) is 11.1. The van der Waals surface area contributed by atoms with Gasteiger partial charge in [0.1, 0.15) is 10.5 Å². The van der Waals surface area contributed by atoms with E-state index in [0.29, 0.717) is 22.6 Å². The molecule has 0 radical (unpaired) electrons. The van der Waals surface area contributed by atoms with Crippen LogP contribution < -0.4 is 9.64 Å². The van der Waals surface area contributed by atoms with E-state index in [2.05, 4.69) is 0 Å². The number of nitro groups is 1. The van der Waals surface area contributed by atoms with Crippen LogP contribution in [0.4, 0.5) is 10.5 Å². The number of anilines is 1. The van der Waals surface area contributed by atoms with Gasteiger partial charge >= 0.3 is 0 Å². The number of hydrogen-bond donors (Lipinski definition) is 0. The molecule has 1 unspecified atom stereocenters. The third-order valence-corrected chi connectivity index (χ3v) is 7.16. The Labute approximate surface area is 195 Å². The molecule has 0 N–H and O–H groups in total. The van der Waals surface area contributed by atoms with E-state index in [4.69, 9.17) is 4.74 Å². The second kappa shape index (κ2) is 9.07. The normalized spacial score (nSPS) is 18.9. The van der Waals surface area contributed by atoms with E-state index in [-0.39, 0.29) is 0 Å². The Hall–Kier alpha value is -3.65. The van der Waals surface area contributed by atoms with Crippen molar-refractivity contribution in [3.63, 3.8) is 0 Å². The third-order valence-electron chi connectivity index (χ3n) is 5.79. The summed E-state index contributed by atoms with van der Waals surface area (Å²) in [4.78, 5) is 39.8. The van der Waals surface area contributed by atoms with E-state index >= 15 is 0 Å². The lowest BCUT2D eigenvalue weighted by atomic mass is 9.79. The number of benzene rings is 3. The Morgan fingerprint density at radius 1 is 1.00 bits per heavy atom. The summed E-state index contributed by atoms with van der Waals surface area (Å²) >= 11 is 0.838. The molecule has 4 rings (SSSR count). The van der Waals surface area contributed by atoms with E-state index < -0.39 is 33.3 Å². The fraction of sp³-hybridized carbons (Fsp3) is 0.200. The molecule has 1 aliphatic rings. The number of ether oxygens (including phenoxy) is 1. The van der Waals surface area contributed by atoms with Crippen molar-refractivity contribution in [1.82, 2.24) is 0 Å². The van der Waals surface area contributed by atoms with Crippen LogP contribution in [0, 0.1) is 17.0 Å². The van der Waals surface area contributed by atoms with Crippen LogP contribution in [0.2, 0.25) is 0 Å². The molecule has 1 saturated heterocycles. The second-order valence-electron chi connectivity index (χ2n) is 7.79. The van der Waals surface area contributed by atoms with Gasteiger partial charge in [-0.2, -0.15) is 0 Å². The first-order chi connectivity index (χ1) is 15.9. The van der Waals surface area contributed by atoms with Crippen molar-refractivity contribution in [1.29, 1.82) is 0 Å². The number of methoxy groups -OCH3 is 1. The van der Waals surface area contributed by atoms with Gasteiger partial charge in [-0.15, -0.1) is 0 Å². The zero-order valence-corrected chi connectivity index (χ0v) is 19.0. The van der Waals surface area contributed by atoms with Crippen molar-refractivity contribution in [3.05, 3.63) is 106 Å².